The van der Waals surface area contributed by atoms with Gasteiger partial charge in [0, 0.05) is 24.9 Å². The van der Waals surface area contributed by atoms with E-state index in [4.69, 9.17) is 23.2 Å². The maximum Gasteiger partial charge on any atom is 0.138 e. The first kappa shape index (κ1) is 17.8. The van der Waals surface area contributed by atoms with E-state index in [1.807, 2.05) is 12.1 Å². The third kappa shape index (κ3) is 3.84. The van der Waals surface area contributed by atoms with Crippen LogP contribution >= 0.6 is 23.2 Å². The number of benzene rings is 1. The van der Waals surface area contributed by atoms with Gasteiger partial charge in [0.2, 0.25) is 0 Å². The fourth-order valence-corrected chi connectivity index (χ4v) is 3.80. The maximum absolute atomic E-state index is 12.7. The molecule has 0 radical (unpaired) electrons. The summed E-state index contributed by atoms with van der Waals surface area (Å²) in [6.07, 6.45) is 2.58. The van der Waals surface area contributed by atoms with Gasteiger partial charge in [0.15, 0.2) is 0 Å². The number of piperidine rings is 1. The predicted octanol–water partition coefficient (Wildman–Crippen LogP) is 4.96. The van der Waals surface area contributed by atoms with Crippen LogP contribution in [-0.4, -0.2) is 30.3 Å². The minimum atomic E-state index is -0.305. The lowest BCUT2D eigenvalue weighted by atomic mass is 9.76. The van der Waals surface area contributed by atoms with Gasteiger partial charge in [-0.15, -0.1) is 0 Å². The molecule has 0 saturated carbocycles. The summed E-state index contributed by atoms with van der Waals surface area (Å²) in [6, 6.07) is 6.21. The third-order valence-corrected chi connectivity index (χ3v) is 5.76. The Morgan fingerprint density at radius 3 is 2.64 bits per heavy atom. The number of hydrogen-bond acceptors (Lipinski definition) is 2. The van der Waals surface area contributed by atoms with Gasteiger partial charge in [0.1, 0.15) is 5.78 Å². The Labute approximate surface area is 143 Å². The van der Waals surface area contributed by atoms with E-state index in [-0.39, 0.29) is 11.3 Å². The summed E-state index contributed by atoms with van der Waals surface area (Å²) in [6.45, 7) is 7.21. The molecule has 0 bridgehead atoms. The molecule has 122 valence electrons. The second-order valence-electron chi connectivity index (χ2n) is 7.19. The summed E-state index contributed by atoms with van der Waals surface area (Å²) < 4.78 is 0. The summed E-state index contributed by atoms with van der Waals surface area (Å²) in [5, 5.41) is 1.11. The van der Waals surface area contributed by atoms with Crippen molar-refractivity contribution in [2.75, 3.05) is 13.6 Å². The number of nitrogens with zero attached hydrogens (tertiary/aromatic N) is 1. The lowest BCUT2D eigenvalue weighted by molar-refractivity contribution is -0.125. The van der Waals surface area contributed by atoms with Gasteiger partial charge in [0.25, 0.3) is 0 Å². The third-order valence-electron chi connectivity index (χ3n) is 4.95. The van der Waals surface area contributed by atoms with Crippen LogP contribution in [0.1, 0.15) is 45.6 Å². The molecule has 1 aliphatic rings. The Morgan fingerprint density at radius 1 is 1.32 bits per heavy atom. The molecule has 1 aromatic carbocycles. The van der Waals surface area contributed by atoms with E-state index in [0.29, 0.717) is 28.3 Å². The molecule has 22 heavy (non-hydrogen) atoms. The predicted molar refractivity (Wildman–Crippen MR) is 93.9 cm³/mol. The molecular formula is C18H25Cl2NO. The van der Waals surface area contributed by atoms with Crippen LogP contribution in [0, 0.1) is 5.92 Å². The van der Waals surface area contributed by atoms with Crippen molar-refractivity contribution in [3.05, 3.63) is 33.8 Å². The van der Waals surface area contributed by atoms with Gasteiger partial charge in [-0.2, -0.15) is 0 Å². The second kappa shape index (κ2) is 6.90. The van der Waals surface area contributed by atoms with Crippen molar-refractivity contribution < 1.29 is 4.79 Å². The van der Waals surface area contributed by atoms with Gasteiger partial charge >= 0.3 is 0 Å². The molecule has 4 heteroatoms. The van der Waals surface area contributed by atoms with E-state index in [0.717, 1.165) is 24.9 Å². The van der Waals surface area contributed by atoms with Crippen molar-refractivity contribution in [1.82, 2.24) is 4.90 Å². The zero-order valence-electron chi connectivity index (χ0n) is 13.8. The van der Waals surface area contributed by atoms with Crippen molar-refractivity contribution in [3.8, 4) is 0 Å². The Hall–Kier alpha value is -0.570. The summed E-state index contributed by atoms with van der Waals surface area (Å²) in [7, 11) is 2.10. The van der Waals surface area contributed by atoms with Crippen LogP contribution in [0.3, 0.4) is 0 Å². The van der Waals surface area contributed by atoms with E-state index in [2.05, 4.69) is 32.7 Å². The van der Waals surface area contributed by atoms with Crippen molar-refractivity contribution in [3.63, 3.8) is 0 Å². The SMILES string of the molecule is C[C@H]1CCC(C(=O)CC(C)(C)c2cccc(Cl)c2Cl)CN1C. The van der Waals surface area contributed by atoms with Gasteiger partial charge in [-0.25, -0.2) is 0 Å². The highest BCUT2D eigenvalue weighted by Gasteiger charge is 2.33. The molecule has 1 saturated heterocycles. The molecule has 0 amide bonds. The summed E-state index contributed by atoms with van der Waals surface area (Å²) in [5.41, 5.74) is 0.647. The van der Waals surface area contributed by atoms with Gasteiger partial charge in [-0.3, -0.25) is 4.79 Å². The Balaban J connectivity index is 2.11. The van der Waals surface area contributed by atoms with Gasteiger partial charge in [0.05, 0.1) is 10.0 Å². The first-order valence-electron chi connectivity index (χ1n) is 7.90. The number of carbonyl (C=O) groups excluding carboxylic acids is 1. The topological polar surface area (TPSA) is 20.3 Å². The van der Waals surface area contributed by atoms with E-state index in [1.165, 1.54) is 0 Å². The molecule has 1 aromatic rings. The van der Waals surface area contributed by atoms with Crippen LogP contribution in [0.5, 0.6) is 0 Å². The van der Waals surface area contributed by atoms with Gasteiger partial charge < -0.3 is 4.90 Å². The number of hydrogen-bond donors (Lipinski definition) is 0. The zero-order valence-corrected chi connectivity index (χ0v) is 15.3. The fraction of sp³-hybridized carbons (Fsp3) is 0.611. The van der Waals surface area contributed by atoms with Crippen LogP contribution in [0.25, 0.3) is 0 Å². The number of carbonyl (C=O) groups is 1. The summed E-state index contributed by atoms with van der Waals surface area (Å²) >= 11 is 12.5. The summed E-state index contributed by atoms with van der Waals surface area (Å²) in [5.74, 6) is 0.471. The molecule has 0 spiro atoms. The van der Waals surface area contributed by atoms with E-state index >= 15 is 0 Å². The highest BCUT2D eigenvalue weighted by molar-refractivity contribution is 6.42. The molecule has 2 atom stereocenters. The number of rotatable bonds is 4. The van der Waals surface area contributed by atoms with Crippen LogP contribution in [0.4, 0.5) is 0 Å². The molecule has 0 aromatic heterocycles. The van der Waals surface area contributed by atoms with Crippen LogP contribution in [0.15, 0.2) is 18.2 Å². The smallest absolute Gasteiger partial charge is 0.138 e. The second-order valence-corrected chi connectivity index (χ2v) is 7.98. The molecule has 1 unspecified atom stereocenters. The van der Waals surface area contributed by atoms with Gasteiger partial charge in [-0.1, -0.05) is 49.2 Å². The number of Topliss-reactive ketones (excluding diaryl/α,β-unsaturated/α-hetero) is 1. The van der Waals surface area contributed by atoms with Crippen molar-refractivity contribution in [2.45, 2.75) is 51.5 Å². The first-order chi connectivity index (χ1) is 10.2. The molecule has 1 aliphatic heterocycles. The quantitative estimate of drug-likeness (QED) is 0.771. The maximum atomic E-state index is 12.7. The van der Waals surface area contributed by atoms with Crippen molar-refractivity contribution in [2.24, 2.45) is 5.92 Å². The molecule has 0 N–H and O–H groups in total. The monoisotopic (exact) mass is 341 g/mol. The lowest BCUT2D eigenvalue weighted by Gasteiger charge is -2.36. The summed E-state index contributed by atoms with van der Waals surface area (Å²) in [4.78, 5) is 15.0. The molecule has 1 heterocycles. The minimum absolute atomic E-state index is 0.137. The Kier molecular flexibility index (Phi) is 5.58. The molecular weight excluding hydrogens is 317 g/mol. The largest absolute Gasteiger partial charge is 0.303 e. The number of halogens is 2. The first-order valence-corrected chi connectivity index (χ1v) is 8.65. The van der Waals surface area contributed by atoms with E-state index in [1.54, 1.807) is 6.07 Å². The van der Waals surface area contributed by atoms with Crippen LogP contribution in [0.2, 0.25) is 10.0 Å². The standard InChI is InChI=1S/C18H25Cl2NO/c1-12-8-9-13(11-21(12)4)16(22)10-18(2,3)14-6-5-7-15(19)17(14)20/h5-7,12-13H,8-11H2,1-4H3/t12-,13?/m0/s1. The van der Waals surface area contributed by atoms with Crippen LogP contribution in [-0.2, 0) is 10.2 Å². The average molecular weight is 342 g/mol. The van der Waals surface area contributed by atoms with Crippen molar-refractivity contribution in [1.29, 1.82) is 0 Å². The van der Waals surface area contributed by atoms with Gasteiger partial charge in [-0.05, 0) is 43.9 Å². The molecule has 2 nitrogen and oxygen atoms in total. The van der Waals surface area contributed by atoms with Crippen molar-refractivity contribution >= 4 is 29.0 Å². The zero-order chi connectivity index (χ0) is 16.5. The molecule has 2 rings (SSSR count). The van der Waals surface area contributed by atoms with Crippen LogP contribution < -0.4 is 0 Å². The highest BCUT2D eigenvalue weighted by atomic mass is 35.5. The highest BCUT2D eigenvalue weighted by Crippen LogP contribution is 2.37. The average Bonchev–Trinajstić information content (AvgIpc) is 2.44. The fourth-order valence-electron chi connectivity index (χ4n) is 3.25. The Morgan fingerprint density at radius 2 is 2.00 bits per heavy atom. The Bertz CT molecular complexity index is 556. The number of ketones is 1. The molecule has 1 fully saturated rings. The normalized spacial score (nSPS) is 23.5. The number of likely N-dealkylation sites (tertiary alicyclic amines) is 1. The van der Waals surface area contributed by atoms with E-state index in [9.17, 15) is 4.79 Å². The van der Waals surface area contributed by atoms with E-state index < -0.39 is 0 Å². The molecule has 0 aliphatic carbocycles. The minimum Gasteiger partial charge on any atom is -0.303 e. The lowest BCUT2D eigenvalue weighted by Crippen LogP contribution is -2.42.